The minimum atomic E-state index is 0.0214. The highest BCUT2D eigenvalue weighted by atomic mass is 32.1. The van der Waals surface area contributed by atoms with Crippen LogP contribution in [0, 0.1) is 0 Å². The average Bonchev–Trinajstić information content (AvgIpc) is 3.01. The number of hydrazine groups is 1. The number of rotatable bonds is 4. The topological polar surface area (TPSA) is 68.8 Å². The lowest BCUT2D eigenvalue weighted by molar-refractivity contribution is 0.521. The lowest BCUT2D eigenvalue weighted by Gasteiger charge is -2.14. The van der Waals surface area contributed by atoms with Crippen LogP contribution in [0.5, 0.6) is 0 Å². The molecule has 3 N–H and O–H groups in total. The van der Waals surface area contributed by atoms with Gasteiger partial charge in [-0.2, -0.15) is 0 Å². The monoisotopic (exact) mass is 273 g/mol. The average molecular weight is 273 g/mol. The van der Waals surface area contributed by atoms with E-state index in [1.807, 2.05) is 36.0 Å². The van der Waals surface area contributed by atoms with Gasteiger partial charge in [-0.05, 0) is 12.1 Å². The summed E-state index contributed by atoms with van der Waals surface area (Å²) in [6.07, 6.45) is 4.37. The fourth-order valence-corrected chi connectivity index (χ4v) is 3.15. The van der Waals surface area contributed by atoms with E-state index in [1.54, 1.807) is 17.7 Å². The Hall–Kier alpha value is -1.76. The maximum atomic E-state index is 5.66. The number of hydrogen-bond acceptors (Lipinski definition) is 5. The predicted octanol–water partition coefficient (Wildman–Crippen LogP) is 1.78. The summed E-state index contributed by atoms with van der Waals surface area (Å²) in [6, 6.07) is 8.18. The summed E-state index contributed by atoms with van der Waals surface area (Å²) >= 11 is 1.71. The van der Waals surface area contributed by atoms with Gasteiger partial charge >= 0.3 is 0 Å². The number of benzene rings is 1. The van der Waals surface area contributed by atoms with Gasteiger partial charge in [0, 0.05) is 19.7 Å². The Kier molecular flexibility index (Phi) is 3.29. The number of nitrogens with zero attached hydrogens (tertiary/aromatic N) is 3. The molecule has 0 aliphatic rings. The molecular formula is C13H15N5S. The van der Waals surface area contributed by atoms with E-state index in [4.69, 9.17) is 5.84 Å². The number of thiazole rings is 1. The van der Waals surface area contributed by atoms with Crippen molar-refractivity contribution < 1.29 is 0 Å². The summed E-state index contributed by atoms with van der Waals surface area (Å²) in [7, 11) is 1.96. The molecule has 0 aliphatic carbocycles. The smallest absolute Gasteiger partial charge is 0.0958 e. The SMILES string of the molecule is Cn1cncc1C(Cc1nc2ccccc2s1)NN. The van der Waals surface area contributed by atoms with Crippen LogP contribution in [0.4, 0.5) is 0 Å². The number of nitrogens with one attached hydrogen (secondary N) is 1. The molecule has 0 amide bonds. The zero-order valence-electron chi connectivity index (χ0n) is 10.6. The van der Waals surface area contributed by atoms with Crippen LogP contribution >= 0.6 is 11.3 Å². The van der Waals surface area contributed by atoms with E-state index in [-0.39, 0.29) is 6.04 Å². The van der Waals surface area contributed by atoms with Gasteiger partial charge in [-0.1, -0.05) is 12.1 Å². The number of nitrogens with two attached hydrogens (primary N) is 1. The number of para-hydroxylation sites is 1. The van der Waals surface area contributed by atoms with Gasteiger partial charge in [0.25, 0.3) is 0 Å². The second-order valence-corrected chi connectivity index (χ2v) is 5.54. The minimum Gasteiger partial charge on any atom is -0.336 e. The highest BCUT2D eigenvalue weighted by molar-refractivity contribution is 7.18. The second kappa shape index (κ2) is 5.08. The van der Waals surface area contributed by atoms with Crippen LogP contribution in [0.1, 0.15) is 16.7 Å². The van der Waals surface area contributed by atoms with Crippen molar-refractivity contribution in [2.24, 2.45) is 12.9 Å². The maximum Gasteiger partial charge on any atom is 0.0958 e. The van der Waals surface area contributed by atoms with Crippen molar-refractivity contribution in [3.63, 3.8) is 0 Å². The molecule has 0 aliphatic heterocycles. The van der Waals surface area contributed by atoms with Gasteiger partial charge in [0.15, 0.2) is 0 Å². The van der Waals surface area contributed by atoms with Crippen LogP contribution in [0.2, 0.25) is 0 Å². The Morgan fingerprint density at radius 1 is 1.42 bits per heavy atom. The number of imidazole rings is 1. The number of hydrogen-bond donors (Lipinski definition) is 2. The van der Waals surface area contributed by atoms with Crippen molar-refractivity contribution in [3.8, 4) is 0 Å². The van der Waals surface area contributed by atoms with Crippen molar-refractivity contribution in [3.05, 3.63) is 47.5 Å². The molecule has 0 radical (unpaired) electrons. The first-order valence-corrected chi connectivity index (χ1v) is 6.86. The second-order valence-electron chi connectivity index (χ2n) is 4.43. The first kappa shape index (κ1) is 12.3. The Balaban J connectivity index is 1.88. The molecule has 1 unspecified atom stereocenters. The van der Waals surface area contributed by atoms with E-state index >= 15 is 0 Å². The molecule has 0 saturated carbocycles. The van der Waals surface area contributed by atoms with Crippen molar-refractivity contribution in [2.45, 2.75) is 12.5 Å². The molecule has 0 fully saturated rings. The molecular weight excluding hydrogens is 258 g/mol. The van der Waals surface area contributed by atoms with E-state index in [0.29, 0.717) is 0 Å². The Bertz CT molecular complexity index is 654. The first-order valence-electron chi connectivity index (χ1n) is 6.04. The lowest BCUT2D eigenvalue weighted by Crippen LogP contribution is -2.30. The van der Waals surface area contributed by atoms with Crippen LogP contribution < -0.4 is 11.3 Å². The number of aromatic nitrogens is 3. The van der Waals surface area contributed by atoms with E-state index in [2.05, 4.69) is 21.5 Å². The number of fused-ring (bicyclic) bond motifs is 1. The normalized spacial score (nSPS) is 12.9. The van der Waals surface area contributed by atoms with Gasteiger partial charge in [0.1, 0.15) is 0 Å². The molecule has 3 aromatic rings. The molecule has 0 bridgehead atoms. The third kappa shape index (κ3) is 2.37. The molecule has 19 heavy (non-hydrogen) atoms. The van der Waals surface area contributed by atoms with Gasteiger partial charge in [0.2, 0.25) is 0 Å². The van der Waals surface area contributed by atoms with Crippen molar-refractivity contribution in [2.75, 3.05) is 0 Å². The molecule has 1 aromatic carbocycles. The molecule has 0 saturated heterocycles. The van der Waals surface area contributed by atoms with Gasteiger partial charge in [-0.25, -0.2) is 9.97 Å². The van der Waals surface area contributed by atoms with E-state index < -0.39 is 0 Å². The van der Waals surface area contributed by atoms with E-state index in [1.165, 1.54) is 4.70 Å². The van der Waals surface area contributed by atoms with Gasteiger partial charge < -0.3 is 4.57 Å². The molecule has 98 valence electrons. The van der Waals surface area contributed by atoms with Crippen LogP contribution in [-0.2, 0) is 13.5 Å². The summed E-state index contributed by atoms with van der Waals surface area (Å²) in [6.45, 7) is 0. The molecule has 2 aromatic heterocycles. The summed E-state index contributed by atoms with van der Waals surface area (Å²) in [5.41, 5.74) is 4.95. The van der Waals surface area contributed by atoms with Gasteiger partial charge in [0.05, 0.1) is 33.3 Å². The number of aryl methyl sites for hydroxylation is 1. The van der Waals surface area contributed by atoms with E-state index in [0.717, 1.165) is 22.6 Å². The highest BCUT2D eigenvalue weighted by Crippen LogP contribution is 2.25. The third-order valence-corrected chi connectivity index (χ3v) is 4.19. The molecule has 0 spiro atoms. The Labute approximate surface area is 115 Å². The standard InChI is InChI=1S/C13H15N5S/c1-18-8-15-7-11(18)10(17-14)6-13-16-9-4-2-3-5-12(9)19-13/h2-5,7-8,10,17H,6,14H2,1H3. The lowest BCUT2D eigenvalue weighted by atomic mass is 10.1. The van der Waals surface area contributed by atoms with Crippen LogP contribution in [0.15, 0.2) is 36.8 Å². The van der Waals surface area contributed by atoms with Crippen LogP contribution in [0.25, 0.3) is 10.2 Å². The summed E-state index contributed by atoms with van der Waals surface area (Å²) in [4.78, 5) is 8.76. The fourth-order valence-electron chi connectivity index (χ4n) is 2.13. The first-order chi connectivity index (χ1) is 9.28. The summed E-state index contributed by atoms with van der Waals surface area (Å²) < 4.78 is 3.18. The zero-order chi connectivity index (χ0) is 13.2. The zero-order valence-corrected chi connectivity index (χ0v) is 11.4. The van der Waals surface area contributed by atoms with Gasteiger partial charge in [-0.3, -0.25) is 11.3 Å². The molecule has 1 atom stereocenters. The maximum absolute atomic E-state index is 5.66. The van der Waals surface area contributed by atoms with Crippen LogP contribution in [-0.4, -0.2) is 14.5 Å². The molecule has 3 rings (SSSR count). The molecule has 5 nitrogen and oxygen atoms in total. The third-order valence-electron chi connectivity index (χ3n) is 3.13. The van der Waals surface area contributed by atoms with Crippen molar-refractivity contribution >= 4 is 21.6 Å². The van der Waals surface area contributed by atoms with Crippen molar-refractivity contribution in [1.82, 2.24) is 20.0 Å². The summed E-state index contributed by atoms with van der Waals surface area (Å²) in [5.74, 6) is 5.66. The molecule has 2 heterocycles. The minimum absolute atomic E-state index is 0.0214. The Morgan fingerprint density at radius 3 is 2.95 bits per heavy atom. The highest BCUT2D eigenvalue weighted by Gasteiger charge is 2.16. The Morgan fingerprint density at radius 2 is 2.26 bits per heavy atom. The van der Waals surface area contributed by atoms with Gasteiger partial charge in [-0.15, -0.1) is 11.3 Å². The predicted molar refractivity (Wildman–Crippen MR) is 76.6 cm³/mol. The van der Waals surface area contributed by atoms with Crippen LogP contribution in [0.3, 0.4) is 0 Å². The fraction of sp³-hybridized carbons (Fsp3) is 0.231. The van der Waals surface area contributed by atoms with Crippen molar-refractivity contribution in [1.29, 1.82) is 0 Å². The largest absolute Gasteiger partial charge is 0.336 e. The quantitative estimate of drug-likeness (QED) is 0.561. The molecule has 6 heteroatoms. The summed E-state index contributed by atoms with van der Waals surface area (Å²) in [5, 5.41) is 1.07. The van der Waals surface area contributed by atoms with E-state index in [9.17, 15) is 0 Å².